The Bertz CT molecular complexity index is 983. The Morgan fingerprint density at radius 1 is 1.26 bits per heavy atom. The molecule has 1 aliphatic heterocycles. The highest BCUT2D eigenvalue weighted by molar-refractivity contribution is 5.82. The van der Waals surface area contributed by atoms with Crippen LogP contribution in [0, 0.1) is 10.1 Å². The third kappa shape index (κ3) is 3.34. The van der Waals surface area contributed by atoms with Crippen molar-refractivity contribution < 1.29 is 4.92 Å². The summed E-state index contributed by atoms with van der Waals surface area (Å²) in [7, 11) is 0. The summed E-state index contributed by atoms with van der Waals surface area (Å²) < 4.78 is 2.14. The molecule has 1 fully saturated rings. The highest BCUT2D eigenvalue weighted by Crippen LogP contribution is 2.30. The monoisotopic (exact) mass is 366 g/mol. The molecule has 0 N–H and O–H groups in total. The lowest BCUT2D eigenvalue weighted by molar-refractivity contribution is -0.384. The van der Waals surface area contributed by atoms with E-state index < -0.39 is 0 Å². The summed E-state index contributed by atoms with van der Waals surface area (Å²) in [5.41, 5.74) is 0.855. The SMILES string of the molecule is CC(C)n1cnnc1C1CCCN(c2ccc3cc([N+](=O)[O-])ccc3n2)C1. The van der Waals surface area contributed by atoms with Gasteiger partial charge < -0.3 is 9.47 Å². The zero-order valence-corrected chi connectivity index (χ0v) is 15.4. The number of nitro benzene ring substituents is 1. The van der Waals surface area contributed by atoms with E-state index >= 15 is 0 Å². The van der Waals surface area contributed by atoms with Gasteiger partial charge >= 0.3 is 0 Å². The van der Waals surface area contributed by atoms with Crippen LogP contribution < -0.4 is 4.90 Å². The van der Waals surface area contributed by atoms with Crippen LogP contribution in [0.5, 0.6) is 0 Å². The molecule has 1 unspecified atom stereocenters. The van der Waals surface area contributed by atoms with Crippen LogP contribution in [0.3, 0.4) is 0 Å². The Labute approximate surface area is 157 Å². The molecule has 27 heavy (non-hydrogen) atoms. The largest absolute Gasteiger partial charge is 0.356 e. The standard InChI is InChI=1S/C19H22N6O2/c1-13(2)24-12-20-22-19(24)15-4-3-9-23(11-15)18-8-5-14-10-16(25(26)27)6-7-17(14)21-18/h5-8,10,12-13,15H,3-4,9,11H2,1-2H3. The molecule has 4 rings (SSSR count). The number of nitro groups is 1. The molecule has 1 atom stereocenters. The normalized spacial score (nSPS) is 17.6. The van der Waals surface area contributed by atoms with Crippen molar-refractivity contribution in [1.29, 1.82) is 0 Å². The van der Waals surface area contributed by atoms with Gasteiger partial charge in [-0.05, 0) is 44.9 Å². The van der Waals surface area contributed by atoms with Crippen molar-refractivity contribution in [2.45, 2.75) is 38.6 Å². The molecular formula is C19H22N6O2. The average Bonchev–Trinajstić information content (AvgIpc) is 3.17. The molecule has 0 radical (unpaired) electrons. The molecule has 140 valence electrons. The summed E-state index contributed by atoms with van der Waals surface area (Å²) >= 11 is 0. The number of rotatable bonds is 4. The van der Waals surface area contributed by atoms with Crippen molar-refractivity contribution in [2.24, 2.45) is 0 Å². The summed E-state index contributed by atoms with van der Waals surface area (Å²) in [6.45, 7) is 6.06. The van der Waals surface area contributed by atoms with Gasteiger partial charge in [-0.3, -0.25) is 10.1 Å². The fourth-order valence-corrected chi connectivity index (χ4v) is 3.73. The molecule has 0 spiro atoms. The molecule has 0 aliphatic carbocycles. The van der Waals surface area contributed by atoms with Gasteiger partial charge in [0.2, 0.25) is 0 Å². The van der Waals surface area contributed by atoms with Crippen molar-refractivity contribution in [1.82, 2.24) is 19.7 Å². The van der Waals surface area contributed by atoms with E-state index in [0.717, 1.165) is 48.5 Å². The number of nitrogens with zero attached hydrogens (tertiary/aromatic N) is 6. The first-order chi connectivity index (χ1) is 13.0. The molecule has 1 aromatic carbocycles. The second kappa shape index (κ2) is 6.94. The summed E-state index contributed by atoms with van der Waals surface area (Å²) in [6, 6.07) is 8.97. The van der Waals surface area contributed by atoms with Crippen molar-refractivity contribution in [3.63, 3.8) is 0 Å². The minimum Gasteiger partial charge on any atom is -0.356 e. The predicted molar refractivity (Wildman–Crippen MR) is 103 cm³/mol. The molecule has 1 saturated heterocycles. The van der Waals surface area contributed by atoms with E-state index in [-0.39, 0.29) is 10.6 Å². The van der Waals surface area contributed by atoms with Gasteiger partial charge in [0.15, 0.2) is 0 Å². The molecule has 8 heteroatoms. The lowest BCUT2D eigenvalue weighted by atomic mass is 9.96. The maximum atomic E-state index is 10.9. The molecule has 2 aromatic heterocycles. The van der Waals surface area contributed by atoms with Crippen molar-refractivity contribution >= 4 is 22.4 Å². The van der Waals surface area contributed by atoms with E-state index in [1.54, 1.807) is 18.5 Å². The van der Waals surface area contributed by atoms with Gasteiger partial charge in [-0.1, -0.05) is 0 Å². The highest BCUT2D eigenvalue weighted by Gasteiger charge is 2.26. The van der Waals surface area contributed by atoms with Crippen molar-refractivity contribution in [2.75, 3.05) is 18.0 Å². The second-order valence-electron chi connectivity index (χ2n) is 7.28. The van der Waals surface area contributed by atoms with Crippen LogP contribution in [0.4, 0.5) is 11.5 Å². The predicted octanol–water partition coefficient (Wildman–Crippen LogP) is 3.70. The number of anilines is 1. The smallest absolute Gasteiger partial charge is 0.270 e. The van der Waals surface area contributed by atoms with Gasteiger partial charge in [0.25, 0.3) is 5.69 Å². The number of piperidine rings is 1. The Morgan fingerprint density at radius 3 is 2.89 bits per heavy atom. The van der Waals surface area contributed by atoms with Gasteiger partial charge in [0.1, 0.15) is 18.0 Å². The van der Waals surface area contributed by atoms with E-state index in [1.165, 1.54) is 6.07 Å². The highest BCUT2D eigenvalue weighted by atomic mass is 16.6. The van der Waals surface area contributed by atoms with E-state index in [1.807, 2.05) is 12.1 Å². The topological polar surface area (TPSA) is 90.0 Å². The van der Waals surface area contributed by atoms with Gasteiger partial charge in [-0.25, -0.2) is 4.98 Å². The van der Waals surface area contributed by atoms with Crippen LogP contribution in [0.1, 0.15) is 44.5 Å². The molecule has 0 saturated carbocycles. The number of benzene rings is 1. The molecular weight excluding hydrogens is 344 g/mol. The maximum Gasteiger partial charge on any atom is 0.270 e. The fraction of sp³-hybridized carbons (Fsp3) is 0.421. The van der Waals surface area contributed by atoms with Crippen LogP contribution in [-0.2, 0) is 0 Å². The van der Waals surface area contributed by atoms with E-state index in [4.69, 9.17) is 4.98 Å². The number of non-ortho nitro benzene ring substituents is 1. The van der Waals surface area contributed by atoms with Crippen LogP contribution in [0.15, 0.2) is 36.7 Å². The average molecular weight is 366 g/mol. The summed E-state index contributed by atoms with van der Waals surface area (Å²) in [4.78, 5) is 17.6. The van der Waals surface area contributed by atoms with Crippen molar-refractivity contribution in [3.8, 4) is 0 Å². The molecule has 0 bridgehead atoms. The summed E-state index contributed by atoms with van der Waals surface area (Å²) in [5.74, 6) is 2.25. The first-order valence-electron chi connectivity index (χ1n) is 9.22. The van der Waals surface area contributed by atoms with Crippen LogP contribution in [-0.4, -0.2) is 37.8 Å². The molecule has 3 heterocycles. The molecule has 8 nitrogen and oxygen atoms in total. The zero-order chi connectivity index (χ0) is 19.0. The first kappa shape index (κ1) is 17.4. The quantitative estimate of drug-likeness (QED) is 0.516. The van der Waals surface area contributed by atoms with Gasteiger partial charge in [-0.2, -0.15) is 0 Å². The lowest BCUT2D eigenvalue weighted by Crippen LogP contribution is -2.36. The van der Waals surface area contributed by atoms with E-state index in [2.05, 4.69) is 33.5 Å². The number of fused-ring (bicyclic) bond motifs is 1. The third-order valence-corrected chi connectivity index (χ3v) is 5.14. The van der Waals surface area contributed by atoms with Gasteiger partial charge in [0.05, 0.1) is 10.4 Å². The minimum absolute atomic E-state index is 0.0862. The zero-order valence-electron chi connectivity index (χ0n) is 15.4. The van der Waals surface area contributed by atoms with Crippen LogP contribution in [0.25, 0.3) is 10.9 Å². The van der Waals surface area contributed by atoms with Crippen molar-refractivity contribution in [3.05, 3.63) is 52.6 Å². The van der Waals surface area contributed by atoms with Crippen LogP contribution >= 0.6 is 0 Å². The van der Waals surface area contributed by atoms with Crippen LogP contribution in [0.2, 0.25) is 0 Å². The van der Waals surface area contributed by atoms with E-state index in [0.29, 0.717) is 12.0 Å². The third-order valence-electron chi connectivity index (χ3n) is 5.14. The molecule has 1 aliphatic rings. The Morgan fingerprint density at radius 2 is 2.11 bits per heavy atom. The first-order valence-corrected chi connectivity index (χ1v) is 9.22. The fourth-order valence-electron chi connectivity index (χ4n) is 3.73. The lowest BCUT2D eigenvalue weighted by Gasteiger charge is -2.33. The number of pyridine rings is 1. The second-order valence-corrected chi connectivity index (χ2v) is 7.28. The molecule has 0 amide bonds. The summed E-state index contributed by atoms with van der Waals surface area (Å²) in [5, 5.41) is 20.2. The molecule has 3 aromatic rings. The number of aromatic nitrogens is 4. The maximum absolute atomic E-state index is 10.9. The summed E-state index contributed by atoms with van der Waals surface area (Å²) in [6.07, 6.45) is 3.96. The van der Waals surface area contributed by atoms with Gasteiger partial charge in [-0.15, -0.1) is 10.2 Å². The minimum atomic E-state index is -0.381. The van der Waals surface area contributed by atoms with Gasteiger partial charge in [0, 0.05) is 42.6 Å². The Kier molecular flexibility index (Phi) is 4.47. The van der Waals surface area contributed by atoms with E-state index in [9.17, 15) is 10.1 Å². The Hall–Kier alpha value is -3.03. The number of hydrogen-bond acceptors (Lipinski definition) is 6. The Balaban J connectivity index is 1.60. The number of hydrogen-bond donors (Lipinski definition) is 0.